The summed E-state index contributed by atoms with van der Waals surface area (Å²) >= 11 is 0. The number of phenolic OH excluding ortho intramolecular Hbond substituents is 1. The molecule has 134 valence electrons. The van der Waals surface area contributed by atoms with Crippen molar-refractivity contribution in [2.75, 3.05) is 11.4 Å². The smallest absolute Gasteiger partial charge is 0.341 e. The molecule has 1 unspecified atom stereocenters. The molecule has 1 aliphatic heterocycles. The molecule has 9 heteroatoms. The molecule has 2 atom stereocenters. The van der Waals surface area contributed by atoms with E-state index < -0.39 is 23.9 Å². The Morgan fingerprint density at radius 1 is 1.31 bits per heavy atom. The number of aliphatic hydroxyl groups is 1. The van der Waals surface area contributed by atoms with Crippen LogP contribution in [0.4, 0.5) is 10.2 Å². The lowest BCUT2D eigenvalue weighted by Crippen LogP contribution is -2.25. The number of carboxylic acid groups (broad SMARTS) is 1. The van der Waals surface area contributed by atoms with E-state index in [1.54, 1.807) is 17.2 Å². The van der Waals surface area contributed by atoms with Gasteiger partial charge in [-0.3, -0.25) is 0 Å². The number of fused-ring (bicyclic) bond motifs is 1. The van der Waals surface area contributed by atoms with Crippen molar-refractivity contribution in [3.8, 4) is 5.75 Å². The third kappa shape index (κ3) is 2.62. The predicted octanol–water partition coefficient (Wildman–Crippen LogP) is 1.58. The number of aromatic hydroxyl groups is 1. The number of carbonyl (C=O) groups is 1. The van der Waals surface area contributed by atoms with Crippen LogP contribution in [-0.4, -0.2) is 48.5 Å². The van der Waals surface area contributed by atoms with Crippen LogP contribution in [0.5, 0.6) is 5.75 Å². The standard InChI is InChI=1S/C17H15FN4O4/c18-9-1-2-14(24)11(5-9)13-6-10(23)8-21(13)15-3-4-22-16(20-15)12(7-19-22)17(25)26/h1-5,7,10,13,23-24H,6,8H2,(H,25,26)/t10?,13-/m1/s1. The zero-order chi connectivity index (χ0) is 18.4. The van der Waals surface area contributed by atoms with Crippen molar-refractivity contribution in [1.29, 1.82) is 0 Å². The number of hydrogen-bond donors (Lipinski definition) is 3. The van der Waals surface area contributed by atoms with Gasteiger partial charge in [0.2, 0.25) is 0 Å². The van der Waals surface area contributed by atoms with Gasteiger partial charge in [0.15, 0.2) is 5.65 Å². The van der Waals surface area contributed by atoms with Gasteiger partial charge in [0.1, 0.15) is 22.9 Å². The second kappa shape index (κ2) is 5.95. The van der Waals surface area contributed by atoms with Gasteiger partial charge in [-0.1, -0.05) is 0 Å². The lowest BCUT2D eigenvalue weighted by Gasteiger charge is -2.26. The fourth-order valence-corrected chi connectivity index (χ4v) is 3.32. The van der Waals surface area contributed by atoms with Crippen LogP contribution in [0.1, 0.15) is 28.4 Å². The summed E-state index contributed by atoms with van der Waals surface area (Å²) in [4.78, 5) is 17.4. The molecule has 1 aliphatic rings. The maximum atomic E-state index is 13.7. The van der Waals surface area contributed by atoms with E-state index in [1.807, 2.05) is 0 Å². The van der Waals surface area contributed by atoms with Crippen molar-refractivity contribution in [1.82, 2.24) is 14.6 Å². The van der Waals surface area contributed by atoms with Crippen LogP contribution in [0, 0.1) is 5.82 Å². The second-order valence-corrected chi connectivity index (χ2v) is 6.18. The highest BCUT2D eigenvalue weighted by molar-refractivity contribution is 5.94. The van der Waals surface area contributed by atoms with Gasteiger partial charge < -0.3 is 20.2 Å². The van der Waals surface area contributed by atoms with Crippen molar-refractivity contribution in [2.45, 2.75) is 18.6 Å². The topological polar surface area (TPSA) is 111 Å². The van der Waals surface area contributed by atoms with Crippen molar-refractivity contribution in [3.05, 3.63) is 53.6 Å². The van der Waals surface area contributed by atoms with Crippen LogP contribution in [0.15, 0.2) is 36.7 Å². The molecule has 3 N–H and O–H groups in total. The van der Waals surface area contributed by atoms with E-state index in [0.29, 0.717) is 11.4 Å². The van der Waals surface area contributed by atoms with Gasteiger partial charge in [-0.05, 0) is 30.7 Å². The normalized spacial score (nSPS) is 20.0. The Bertz CT molecular complexity index is 1010. The van der Waals surface area contributed by atoms with E-state index >= 15 is 0 Å². The molecule has 3 aromatic rings. The second-order valence-electron chi connectivity index (χ2n) is 6.18. The first-order valence-corrected chi connectivity index (χ1v) is 7.95. The first-order valence-electron chi connectivity index (χ1n) is 7.95. The third-order valence-corrected chi connectivity index (χ3v) is 4.51. The largest absolute Gasteiger partial charge is 0.508 e. The van der Waals surface area contributed by atoms with Gasteiger partial charge in [-0.15, -0.1) is 0 Å². The van der Waals surface area contributed by atoms with Crippen LogP contribution in [0.25, 0.3) is 5.65 Å². The number of halogens is 1. The maximum Gasteiger partial charge on any atom is 0.341 e. The SMILES string of the molecule is O=C(O)c1cnn2ccc(N3CC(O)C[C@@H]3c3cc(F)ccc3O)nc12. The molecule has 3 heterocycles. The molecule has 1 saturated heterocycles. The minimum Gasteiger partial charge on any atom is -0.508 e. The molecule has 0 amide bonds. The first kappa shape index (κ1) is 16.3. The average molecular weight is 358 g/mol. The molecule has 0 aliphatic carbocycles. The number of rotatable bonds is 3. The highest BCUT2D eigenvalue weighted by Crippen LogP contribution is 2.39. The average Bonchev–Trinajstić information content (AvgIpc) is 3.19. The molecule has 0 saturated carbocycles. The number of aliphatic hydroxyl groups excluding tert-OH is 1. The van der Waals surface area contributed by atoms with Crippen molar-refractivity contribution < 1.29 is 24.5 Å². The van der Waals surface area contributed by atoms with E-state index in [4.69, 9.17) is 0 Å². The predicted molar refractivity (Wildman–Crippen MR) is 88.7 cm³/mol. The molecule has 4 rings (SSSR count). The number of anilines is 1. The zero-order valence-electron chi connectivity index (χ0n) is 13.4. The Kier molecular flexibility index (Phi) is 3.73. The Morgan fingerprint density at radius 2 is 2.12 bits per heavy atom. The fourth-order valence-electron chi connectivity index (χ4n) is 3.32. The van der Waals surface area contributed by atoms with E-state index in [1.165, 1.54) is 22.8 Å². The summed E-state index contributed by atoms with van der Waals surface area (Å²) < 4.78 is 15.0. The third-order valence-electron chi connectivity index (χ3n) is 4.51. The lowest BCUT2D eigenvalue weighted by atomic mass is 10.0. The quantitative estimate of drug-likeness (QED) is 0.652. The van der Waals surface area contributed by atoms with Gasteiger partial charge >= 0.3 is 5.97 Å². The molecule has 2 aromatic heterocycles. The molecule has 1 fully saturated rings. The Balaban J connectivity index is 1.80. The summed E-state index contributed by atoms with van der Waals surface area (Å²) in [6, 6.07) is 4.79. The zero-order valence-corrected chi connectivity index (χ0v) is 13.4. The highest BCUT2D eigenvalue weighted by Gasteiger charge is 2.35. The minimum absolute atomic E-state index is 0.0447. The van der Waals surface area contributed by atoms with Gasteiger partial charge in [-0.2, -0.15) is 5.10 Å². The number of β-amino-alcohol motifs (C(OH)–C–C–N with tert-alkyl or cyclic N) is 1. The van der Waals surface area contributed by atoms with Crippen LogP contribution < -0.4 is 4.90 Å². The summed E-state index contributed by atoms with van der Waals surface area (Å²) in [7, 11) is 0. The van der Waals surface area contributed by atoms with Gasteiger partial charge in [0.05, 0.1) is 18.3 Å². The van der Waals surface area contributed by atoms with Crippen molar-refractivity contribution in [2.24, 2.45) is 0 Å². The van der Waals surface area contributed by atoms with Gasteiger partial charge in [0.25, 0.3) is 0 Å². The van der Waals surface area contributed by atoms with Crippen molar-refractivity contribution >= 4 is 17.4 Å². The van der Waals surface area contributed by atoms with Crippen LogP contribution in [-0.2, 0) is 0 Å². The van der Waals surface area contributed by atoms with E-state index in [-0.39, 0.29) is 29.9 Å². The Hall–Kier alpha value is -3.20. The summed E-state index contributed by atoms with van der Waals surface area (Å²) in [6.07, 6.45) is 2.37. The van der Waals surface area contributed by atoms with Crippen molar-refractivity contribution in [3.63, 3.8) is 0 Å². The van der Waals surface area contributed by atoms with Crippen LogP contribution in [0.2, 0.25) is 0 Å². The van der Waals surface area contributed by atoms with E-state index in [2.05, 4.69) is 10.1 Å². The monoisotopic (exact) mass is 358 g/mol. The molecular formula is C17H15FN4O4. The number of aromatic nitrogens is 3. The molecular weight excluding hydrogens is 343 g/mol. The molecule has 1 aromatic carbocycles. The first-order chi connectivity index (χ1) is 12.4. The van der Waals surface area contributed by atoms with Gasteiger partial charge in [0, 0.05) is 18.3 Å². The van der Waals surface area contributed by atoms with Gasteiger partial charge in [-0.25, -0.2) is 18.7 Å². The molecule has 0 radical (unpaired) electrons. The van der Waals surface area contributed by atoms with Crippen LogP contribution in [0.3, 0.4) is 0 Å². The summed E-state index contributed by atoms with van der Waals surface area (Å²) in [6.45, 7) is 0.223. The Morgan fingerprint density at radius 3 is 2.88 bits per heavy atom. The number of carboxylic acids is 1. The Labute approximate surface area is 146 Å². The molecule has 0 spiro atoms. The summed E-state index contributed by atoms with van der Waals surface area (Å²) in [5, 5.41) is 33.4. The fraction of sp³-hybridized carbons (Fsp3) is 0.235. The lowest BCUT2D eigenvalue weighted by molar-refractivity contribution is 0.0698. The minimum atomic E-state index is -1.15. The van der Waals surface area contributed by atoms with Crippen LogP contribution >= 0.6 is 0 Å². The summed E-state index contributed by atoms with van der Waals surface area (Å²) in [5.41, 5.74) is 0.463. The van der Waals surface area contributed by atoms with E-state index in [9.17, 15) is 24.5 Å². The highest BCUT2D eigenvalue weighted by atomic mass is 19.1. The summed E-state index contributed by atoms with van der Waals surface area (Å²) in [5.74, 6) is -1.31. The molecule has 0 bridgehead atoms. The number of nitrogens with zero attached hydrogens (tertiary/aromatic N) is 4. The molecule has 26 heavy (non-hydrogen) atoms. The number of hydrogen-bond acceptors (Lipinski definition) is 6. The maximum absolute atomic E-state index is 13.7. The van der Waals surface area contributed by atoms with E-state index in [0.717, 1.165) is 6.07 Å². The molecule has 8 nitrogen and oxygen atoms in total. The number of benzene rings is 1. The number of aromatic carboxylic acids is 1. The number of phenols is 1.